The van der Waals surface area contributed by atoms with E-state index in [1.807, 2.05) is 0 Å². The monoisotopic (exact) mass is 710 g/mol. The molecule has 0 heterocycles. The Kier molecular flexibility index (Phi) is 12.8. The Bertz CT molecular complexity index is 1570. The Morgan fingerprint density at radius 2 is 0.820 bits per heavy atom. The number of hydrogen-bond donors (Lipinski definition) is 0. The minimum atomic E-state index is -4.96. The molecule has 2 unspecified atom stereocenters. The highest BCUT2D eigenvalue weighted by molar-refractivity contribution is 5.92. The molecule has 0 amide bonds. The summed E-state index contributed by atoms with van der Waals surface area (Å²) in [5.74, 6) is -4.57. The molecule has 2 atom stereocenters. The number of esters is 4. The van der Waals surface area contributed by atoms with Gasteiger partial charge < -0.3 is 28.4 Å². The summed E-state index contributed by atoms with van der Waals surface area (Å²) in [5, 5.41) is 0. The quantitative estimate of drug-likeness (QED) is 0.0541. The van der Waals surface area contributed by atoms with E-state index in [-0.39, 0.29) is 47.0 Å². The van der Waals surface area contributed by atoms with Crippen LogP contribution < -0.4 is 18.9 Å². The van der Waals surface area contributed by atoms with Crippen LogP contribution in [0.25, 0.3) is 0 Å². The van der Waals surface area contributed by atoms with Gasteiger partial charge in [0.2, 0.25) is 12.6 Å². The maximum Gasteiger partial charge on any atom is 0.422 e. The number of alkyl halides is 6. The largest absolute Gasteiger partial charge is 0.455 e. The molecule has 0 aliphatic rings. The van der Waals surface area contributed by atoms with Crippen molar-refractivity contribution in [3.63, 3.8) is 0 Å². The van der Waals surface area contributed by atoms with Crippen LogP contribution in [-0.2, 0) is 19.1 Å². The Morgan fingerprint density at radius 3 is 1.08 bits per heavy atom. The minimum absolute atomic E-state index is 0.0170. The molecule has 3 aromatic rings. The van der Waals surface area contributed by atoms with Gasteiger partial charge in [-0.25, -0.2) is 19.2 Å². The van der Waals surface area contributed by atoms with E-state index in [2.05, 4.69) is 13.2 Å². The molecule has 3 aromatic carbocycles. The lowest BCUT2D eigenvalue weighted by Crippen LogP contribution is -2.28. The molecule has 0 aromatic heterocycles. The van der Waals surface area contributed by atoms with Gasteiger partial charge in [0.05, 0.1) is 11.1 Å². The number of carbonyl (C=O) groups is 4. The third-order valence-electron chi connectivity index (χ3n) is 6.28. The fourth-order valence-corrected chi connectivity index (χ4v) is 3.54. The Morgan fingerprint density at radius 1 is 0.540 bits per heavy atom. The van der Waals surface area contributed by atoms with Crippen LogP contribution >= 0.6 is 0 Å². The van der Waals surface area contributed by atoms with Crippen LogP contribution in [0.4, 0.5) is 26.3 Å². The van der Waals surface area contributed by atoms with E-state index >= 15 is 0 Å². The molecule has 266 valence electrons. The van der Waals surface area contributed by atoms with Crippen molar-refractivity contribution in [2.24, 2.45) is 0 Å². The lowest BCUT2D eigenvalue weighted by molar-refractivity contribution is -0.170. The summed E-state index contributed by atoms with van der Waals surface area (Å²) in [5.41, 5.74) is -3.22. The summed E-state index contributed by atoms with van der Waals surface area (Å²) in [7, 11) is 0. The van der Waals surface area contributed by atoms with Crippen LogP contribution in [0.2, 0.25) is 0 Å². The average Bonchev–Trinajstić information content (AvgIpc) is 3.07. The van der Waals surface area contributed by atoms with Crippen LogP contribution in [0.1, 0.15) is 47.4 Å². The Balaban J connectivity index is 1.52. The van der Waals surface area contributed by atoms with Gasteiger partial charge in [0.25, 0.3) is 0 Å². The SMILES string of the molecule is C=C(C(=O)OC(CC)Oc1ccc(C(=O)Oc2ccc(OC(=O)c3ccc(OC(CC)OC(=O)C(=C)C(F)(F)F)cc3)cc2)cc1)C(F)(F)F. The van der Waals surface area contributed by atoms with E-state index in [1.54, 1.807) is 0 Å². The second-order valence-corrected chi connectivity index (χ2v) is 9.97. The minimum Gasteiger partial charge on any atom is -0.455 e. The van der Waals surface area contributed by atoms with Gasteiger partial charge in [-0.1, -0.05) is 27.0 Å². The molecule has 0 aliphatic heterocycles. The third kappa shape index (κ3) is 11.1. The lowest BCUT2D eigenvalue weighted by Gasteiger charge is -2.19. The summed E-state index contributed by atoms with van der Waals surface area (Å²) in [6.07, 6.45) is -12.6. The Labute approximate surface area is 280 Å². The van der Waals surface area contributed by atoms with Gasteiger partial charge in [0, 0.05) is 12.8 Å². The number of ether oxygens (including phenoxy) is 6. The molecule has 16 heteroatoms. The van der Waals surface area contributed by atoms with Crippen LogP contribution in [-0.4, -0.2) is 48.8 Å². The van der Waals surface area contributed by atoms with Crippen molar-refractivity contribution in [3.8, 4) is 23.0 Å². The molecule has 0 bridgehead atoms. The normalized spacial score (nSPS) is 12.5. The molecule has 3 rings (SSSR count). The van der Waals surface area contributed by atoms with E-state index in [1.165, 1.54) is 86.6 Å². The standard InChI is InChI=1S/C34H28F6O10/c1-5-27(49-29(41)19(3)33(35,36)37)45-23-11-7-21(8-12-23)31(43)47-25-15-17-26(18-16-25)48-32(44)22-9-13-24(14-10-22)46-28(6-2)50-30(42)20(4)34(38,39)40/h7-18,27-28H,3-6H2,1-2H3. The Hall–Kier alpha value is -5.80. The van der Waals surface area contributed by atoms with Gasteiger partial charge in [0.1, 0.15) is 34.1 Å². The molecular weight excluding hydrogens is 682 g/mol. The smallest absolute Gasteiger partial charge is 0.422 e. The lowest BCUT2D eigenvalue weighted by atomic mass is 10.2. The third-order valence-corrected chi connectivity index (χ3v) is 6.28. The van der Waals surface area contributed by atoms with Crippen molar-refractivity contribution in [2.45, 2.75) is 51.6 Å². The first-order valence-corrected chi connectivity index (χ1v) is 14.4. The molecule has 0 fully saturated rings. The van der Waals surface area contributed by atoms with Gasteiger partial charge in [-0.05, 0) is 72.8 Å². The predicted molar refractivity (Wildman–Crippen MR) is 161 cm³/mol. The van der Waals surface area contributed by atoms with Crippen molar-refractivity contribution in [2.75, 3.05) is 0 Å². The highest BCUT2D eigenvalue weighted by atomic mass is 19.4. The summed E-state index contributed by atoms with van der Waals surface area (Å²) in [6, 6.07) is 15.9. The van der Waals surface area contributed by atoms with Gasteiger partial charge in [-0.2, -0.15) is 26.3 Å². The summed E-state index contributed by atoms with van der Waals surface area (Å²) in [4.78, 5) is 48.5. The maximum atomic E-state index is 12.7. The molecule has 0 radical (unpaired) electrons. The molecule has 10 nitrogen and oxygen atoms in total. The van der Waals surface area contributed by atoms with Crippen molar-refractivity contribution >= 4 is 23.9 Å². The topological polar surface area (TPSA) is 124 Å². The van der Waals surface area contributed by atoms with Gasteiger partial charge in [-0.15, -0.1) is 0 Å². The number of carbonyl (C=O) groups excluding carboxylic acids is 4. The second-order valence-electron chi connectivity index (χ2n) is 9.97. The number of benzene rings is 3. The fraction of sp³-hybridized carbons (Fsp3) is 0.235. The van der Waals surface area contributed by atoms with Gasteiger partial charge in [-0.3, -0.25) is 0 Å². The number of hydrogen-bond acceptors (Lipinski definition) is 10. The number of halogens is 6. The van der Waals surface area contributed by atoms with Crippen molar-refractivity contribution in [3.05, 3.63) is 108 Å². The van der Waals surface area contributed by atoms with Gasteiger partial charge in [0.15, 0.2) is 0 Å². The van der Waals surface area contributed by atoms with E-state index < -0.39 is 60.0 Å². The zero-order valence-electron chi connectivity index (χ0n) is 26.3. The molecule has 0 saturated heterocycles. The summed E-state index contributed by atoms with van der Waals surface area (Å²) >= 11 is 0. The first-order valence-electron chi connectivity index (χ1n) is 14.4. The zero-order chi connectivity index (χ0) is 37.2. The van der Waals surface area contributed by atoms with Crippen LogP contribution in [0.5, 0.6) is 23.0 Å². The highest BCUT2D eigenvalue weighted by Gasteiger charge is 2.40. The van der Waals surface area contributed by atoms with E-state index in [0.717, 1.165) is 0 Å². The summed E-state index contributed by atoms with van der Waals surface area (Å²) in [6.45, 7) is 8.38. The van der Waals surface area contributed by atoms with Crippen LogP contribution in [0, 0.1) is 0 Å². The molecule has 50 heavy (non-hydrogen) atoms. The molecular formula is C34H28F6O10. The van der Waals surface area contributed by atoms with E-state index in [9.17, 15) is 45.5 Å². The average molecular weight is 711 g/mol. The van der Waals surface area contributed by atoms with Crippen LogP contribution in [0.3, 0.4) is 0 Å². The fourth-order valence-electron chi connectivity index (χ4n) is 3.54. The summed E-state index contributed by atoms with van der Waals surface area (Å²) < 4.78 is 107. The van der Waals surface area contributed by atoms with Crippen LogP contribution in [0.15, 0.2) is 97.1 Å². The maximum absolute atomic E-state index is 12.7. The zero-order valence-corrected chi connectivity index (χ0v) is 26.3. The molecule has 0 aliphatic carbocycles. The second kappa shape index (κ2) is 16.5. The van der Waals surface area contributed by atoms with Crippen molar-refractivity contribution in [1.29, 1.82) is 0 Å². The number of rotatable bonds is 14. The first kappa shape index (κ1) is 38.6. The van der Waals surface area contributed by atoms with Crippen molar-refractivity contribution < 1.29 is 73.9 Å². The molecule has 0 saturated carbocycles. The van der Waals surface area contributed by atoms with E-state index in [0.29, 0.717) is 0 Å². The predicted octanol–water partition coefficient (Wildman–Crippen LogP) is 7.68. The van der Waals surface area contributed by atoms with E-state index in [4.69, 9.17) is 28.4 Å². The van der Waals surface area contributed by atoms with Crippen molar-refractivity contribution in [1.82, 2.24) is 0 Å². The molecule has 0 spiro atoms. The first-order chi connectivity index (χ1) is 23.4. The highest BCUT2D eigenvalue weighted by Crippen LogP contribution is 2.28. The van der Waals surface area contributed by atoms with Gasteiger partial charge >= 0.3 is 36.2 Å². The molecule has 0 N–H and O–H groups in total.